The smallest absolute Gasteiger partial charge is 0.498 e. The number of ether oxygens (including phenoxy) is 1. The fourth-order valence-corrected chi connectivity index (χ4v) is 3.30. The molecule has 1 aromatic carbocycles. The zero-order chi connectivity index (χ0) is 34.2. The van der Waals surface area contributed by atoms with Crippen molar-refractivity contribution in [3.63, 3.8) is 0 Å². The van der Waals surface area contributed by atoms with Gasteiger partial charge in [-0.05, 0) is 36.5 Å². The Balaban J connectivity index is -0.000000282. The van der Waals surface area contributed by atoms with Gasteiger partial charge in [-0.25, -0.2) is 6.08 Å². The first-order chi connectivity index (χ1) is 21.3. The molecule has 2 aromatic rings. The van der Waals surface area contributed by atoms with Crippen LogP contribution in [0.5, 0.6) is 5.75 Å². The number of unbranched alkanes of at least 4 members (excludes halogenated alkanes) is 1. The van der Waals surface area contributed by atoms with Gasteiger partial charge in [0.05, 0.1) is 7.11 Å². The SMILES string of the molecule is C=CC=[C-]c1ccc(OC)c(CC)c1.CC.CC.CCC[C-]=CC(=N)C(=O)N(CCC)CCC(C)CC.O=Cc1ccon1.[Na+]. The van der Waals surface area contributed by atoms with E-state index in [-0.39, 0.29) is 41.2 Å². The molecule has 0 fully saturated rings. The van der Waals surface area contributed by atoms with Crippen molar-refractivity contribution in [2.24, 2.45) is 5.92 Å². The van der Waals surface area contributed by atoms with E-state index in [2.05, 4.69) is 69.1 Å². The molecule has 2 rings (SSSR count). The Bertz CT molecular complexity index is 1050. The van der Waals surface area contributed by atoms with Crippen LogP contribution in [0.1, 0.15) is 116 Å². The number of methoxy groups -OCH3 is 1. The van der Waals surface area contributed by atoms with E-state index in [0.29, 0.717) is 17.9 Å². The zero-order valence-electron chi connectivity index (χ0n) is 30.2. The molecule has 0 saturated carbocycles. The third-order valence-corrected chi connectivity index (χ3v) is 5.85. The van der Waals surface area contributed by atoms with E-state index in [0.717, 1.165) is 62.9 Å². The van der Waals surface area contributed by atoms with Gasteiger partial charge in [-0.3, -0.25) is 15.7 Å². The van der Waals surface area contributed by atoms with Crippen molar-refractivity contribution in [2.75, 3.05) is 20.2 Å². The van der Waals surface area contributed by atoms with Gasteiger partial charge in [0.1, 0.15) is 17.7 Å². The second-order valence-corrected chi connectivity index (χ2v) is 9.08. The quantitative estimate of drug-likeness (QED) is 0.0792. The molecular weight excluding hydrogens is 573 g/mol. The largest absolute Gasteiger partial charge is 1.00 e. The summed E-state index contributed by atoms with van der Waals surface area (Å²) >= 11 is 0. The van der Waals surface area contributed by atoms with Crippen LogP contribution in [0, 0.1) is 23.5 Å². The molecule has 0 spiro atoms. The molecule has 1 unspecified atom stereocenters. The van der Waals surface area contributed by atoms with Crippen molar-refractivity contribution in [2.45, 2.75) is 101 Å². The van der Waals surface area contributed by atoms with Crippen molar-refractivity contribution >= 4 is 17.9 Å². The molecule has 0 saturated heterocycles. The monoisotopic (exact) mass is 632 g/mol. The van der Waals surface area contributed by atoms with Crippen LogP contribution in [0.3, 0.4) is 0 Å². The van der Waals surface area contributed by atoms with Gasteiger partial charge >= 0.3 is 29.6 Å². The van der Waals surface area contributed by atoms with E-state index >= 15 is 0 Å². The fourth-order valence-electron chi connectivity index (χ4n) is 3.30. The molecule has 0 aliphatic heterocycles. The summed E-state index contributed by atoms with van der Waals surface area (Å²) in [6.45, 7) is 23.7. The van der Waals surface area contributed by atoms with Gasteiger partial charge in [-0.2, -0.15) is 0 Å². The first kappa shape index (κ1) is 49.1. The Morgan fingerprint density at radius 2 is 1.78 bits per heavy atom. The zero-order valence-corrected chi connectivity index (χ0v) is 32.2. The number of amides is 1. The molecule has 0 bridgehead atoms. The molecule has 8 heteroatoms. The third-order valence-electron chi connectivity index (χ3n) is 5.85. The topological polar surface area (TPSA) is 96.5 Å². The van der Waals surface area contributed by atoms with Crippen LogP contribution >= 0.6 is 0 Å². The van der Waals surface area contributed by atoms with E-state index < -0.39 is 0 Å². The Kier molecular flexibility index (Phi) is 39.0. The number of carbonyl (C=O) groups is 2. The van der Waals surface area contributed by atoms with Crippen LogP contribution in [-0.4, -0.2) is 48.2 Å². The van der Waals surface area contributed by atoms with E-state index in [1.54, 1.807) is 24.2 Å². The average molecular weight is 633 g/mol. The standard InChI is InChI=1S/C16H29N2O.C13H15O.C4H3NO2.2C2H6.Na/c1-5-8-9-10-15(17)16(19)18(12-6-2)13-11-14(4)7-3;1-4-6-7-11-8-9-13(14-3)12(5-2)10-11;6-3-4-1-2-7-5-4;2*1-2;/h10,14,17H,5-8,11-13H2,1-4H3;4,6,8-10H,1,5H2,2-3H3;1-3H;2*1-2H3;/q2*-1;;;;+1. The minimum absolute atomic E-state index is 0. The van der Waals surface area contributed by atoms with E-state index in [9.17, 15) is 9.59 Å². The number of hydrogen-bond acceptors (Lipinski definition) is 6. The Morgan fingerprint density at radius 1 is 1.11 bits per heavy atom. The summed E-state index contributed by atoms with van der Waals surface area (Å²) in [6, 6.07) is 7.53. The molecule has 1 N–H and O–H groups in total. The average Bonchev–Trinajstić information content (AvgIpc) is 3.62. The predicted octanol–water partition coefficient (Wildman–Crippen LogP) is 6.54. The molecule has 0 aliphatic carbocycles. The molecule has 7 nitrogen and oxygen atoms in total. The summed E-state index contributed by atoms with van der Waals surface area (Å²) in [6.07, 6.45) is 19.0. The Labute approximate surface area is 297 Å². The molecule has 1 atom stereocenters. The van der Waals surface area contributed by atoms with Gasteiger partial charge in [0.25, 0.3) is 0 Å². The maximum Gasteiger partial charge on any atom is 1.00 e. The number of hydrogen-bond donors (Lipinski definition) is 1. The molecule has 0 aliphatic rings. The number of carbonyl (C=O) groups excluding carboxylic acids is 2. The molecular formula is C37H59N3NaO4-. The third kappa shape index (κ3) is 25.2. The Morgan fingerprint density at radius 3 is 2.22 bits per heavy atom. The molecule has 1 heterocycles. The van der Waals surface area contributed by atoms with Gasteiger partial charge in [0.2, 0.25) is 0 Å². The van der Waals surface area contributed by atoms with E-state index in [1.807, 2.05) is 39.8 Å². The molecule has 248 valence electrons. The molecule has 1 amide bonds. The number of aromatic nitrogens is 1. The number of benzene rings is 1. The maximum absolute atomic E-state index is 12.2. The molecule has 0 radical (unpaired) electrons. The maximum atomic E-state index is 12.2. The van der Waals surface area contributed by atoms with E-state index in [4.69, 9.17) is 10.1 Å². The van der Waals surface area contributed by atoms with Gasteiger partial charge in [-0.1, -0.05) is 86.4 Å². The second-order valence-electron chi connectivity index (χ2n) is 9.08. The summed E-state index contributed by atoms with van der Waals surface area (Å²) in [4.78, 5) is 23.7. The van der Waals surface area contributed by atoms with Gasteiger partial charge in [0.15, 0.2) is 12.2 Å². The van der Waals surface area contributed by atoms with E-state index in [1.165, 1.54) is 24.0 Å². The summed E-state index contributed by atoms with van der Waals surface area (Å²) in [5, 5.41) is 11.1. The van der Waals surface area contributed by atoms with Gasteiger partial charge in [-0.15, -0.1) is 48.9 Å². The first-order valence-electron chi connectivity index (χ1n) is 16.0. The number of aryl methyl sites for hydroxylation is 1. The van der Waals surface area contributed by atoms with Crippen LogP contribution in [0.15, 0.2) is 59.9 Å². The normalized spacial score (nSPS) is 10.2. The summed E-state index contributed by atoms with van der Waals surface area (Å²) < 4.78 is 9.56. The minimum Gasteiger partial charge on any atom is -0.498 e. The minimum atomic E-state index is -0.159. The van der Waals surface area contributed by atoms with Gasteiger partial charge < -0.3 is 19.6 Å². The summed E-state index contributed by atoms with van der Waals surface area (Å²) in [5.41, 5.74) is 2.66. The van der Waals surface area contributed by atoms with Crippen LogP contribution < -0.4 is 34.3 Å². The number of nitrogens with one attached hydrogen (secondary N) is 1. The van der Waals surface area contributed by atoms with Crippen LogP contribution in [0.2, 0.25) is 0 Å². The van der Waals surface area contributed by atoms with Crippen molar-refractivity contribution in [3.8, 4) is 5.75 Å². The molecule has 45 heavy (non-hydrogen) atoms. The number of rotatable bonds is 15. The first-order valence-corrected chi connectivity index (χ1v) is 16.0. The number of allylic oxidation sites excluding steroid dienone is 3. The van der Waals surface area contributed by atoms with Crippen molar-refractivity contribution in [1.29, 1.82) is 5.41 Å². The number of aldehydes is 1. The summed E-state index contributed by atoms with van der Waals surface area (Å²) in [5.74, 6) is 1.41. The number of nitrogens with zero attached hydrogens (tertiary/aromatic N) is 2. The van der Waals surface area contributed by atoms with Gasteiger partial charge in [0, 0.05) is 19.2 Å². The fraction of sp³-hybridized carbons (Fsp3) is 0.514. The van der Waals surface area contributed by atoms with Crippen molar-refractivity contribution < 1.29 is 48.4 Å². The van der Waals surface area contributed by atoms with Crippen molar-refractivity contribution in [3.05, 3.63) is 84.3 Å². The summed E-state index contributed by atoms with van der Waals surface area (Å²) in [7, 11) is 1.69. The second kappa shape index (κ2) is 35.7. The Hall–Kier alpha value is -2.74. The van der Waals surface area contributed by atoms with Crippen LogP contribution in [0.4, 0.5) is 0 Å². The molecule has 1 aromatic heterocycles. The van der Waals surface area contributed by atoms with Crippen LogP contribution in [-0.2, 0) is 11.2 Å². The van der Waals surface area contributed by atoms with Crippen LogP contribution in [0.25, 0.3) is 0 Å². The predicted molar refractivity (Wildman–Crippen MR) is 185 cm³/mol. The van der Waals surface area contributed by atoms with Crippen molar-refractivity contribution in [1.82, 2.24) is 10.1 Å².